The van der Waals surface area contributed by atoms with E-state index in [0.29, 0.717) is 62.5 Å². The van der Waals surface area contributed by atoms with Crippen LogP contribution >= 0.6 is 0 Å². The van der Waals surface area contributed by atoms with Gasteiger partial charge in [0, 0.05) is 103 Å². The van der Waals surface area contributed by atoms with Crippen LogP contribution in [0.15, 0.2) is 71.9 Å². The van der Waals surface area contributed by atoms with Gasteiger partial charge in [-0.1, -0.05) is 101 Å². The molecule has 8 N–H and O–H groups in total. The summed E-state index contributed by atoms with van der Waals surface area (Å²) in [4.78, 5) is 27.5. The molecule has 5 aliphatic rings. The van der Waals surface area contributed by atoms with Gasteiger partial charge in [0.25, 0.3) is 0 Å². The first-order valence-electron chi connectivity index (χ1n) is 36.2. The van der Waals surface area contributed by atoms with Crippen LogP contribution in [0.25, 0.3) is 0 Å². The number of aliphatic hydroxyl groups excluding tert-OH is 8. The standard InChI is InChI=1S/C76H128O20/c1-45-21-27-55(77)35-59-17-15-19-61(93-59)43-69(89-13)52(8)68(82)38-58(80)40-72(54(10)76(86)48(4)26-30-64-42-66(88-12)34-50(6)92-64)96-74(84)32-24-46(2)22-28-56(78)36-60-18-16-20-62(94-60)44-70(90-14)51(7)67(81)37-57(79)39-71(95-73(83)31-23-45)53(9)75(85)47(3)25-29-63-41-65(87-11)33-49(5)91-63/h15-18,21-24,31-32,47-72,75-82,85-86H,19-20,25-30,33-44H2,1-14H3/b31-23+,32-24+,45-21+,46-22+/t47-,48-,49-,50-,51-,52-,53+,54+,55-,56-,57+,58+,59-,60-,61-,62-,63-,64-,65+,66+,67-,68-,69-,70-,71-,72-,75-,76-/m0/s1. The molecule has 2 saturated heterocycles. The maximum atomic E-state index is 13.7. The van der Waals surface area contributed by atoms with E-state index in [1.165, 1.54) is 12.2 Å². The van der Waals surface area contributed by atoms with Crippen LogP contribution in [0.3, 0.4) is 0 Å². The number of hydrogen-bond donors (Lipinski definition) is 8. The molecular weight excluding hydrogens is 1230 g/mol. The Bertz CT molecular complexity index is 2250. The maximum absolute atomic E-state index is 13.7. The fraction of sp³-hybridized carbons (Fsp3) is 0.816. The van der Waals surface area contributed by atoms with Gasteiger partial charge < -0.3 is 88.2 Å². The van der Waals surface area contributed by atoms with Crippen LogP contribution in [0, 0.1) is 35.5 Å². The second-order valence-corrected chi connectivity index (χ2v) is 29.4. The Morgan fingerprint density at radius 1 is 0.458 bits per heavy atom. The Hall–Kier alpha value is -3.26. The molecule has 0 aliphatic carbocycles. The van der Waals surface area contributed by atoms with Gasteiger partial charge >= 0.3 is 11.9 Å². The Kier molecular flexibility index (Phi) is 37.2. The molecule has 5 rings (SSSR count). The van der Waals surface area contributed by atoms with Crippen molar-refractivity contribution in [1.82, 2.24) is 0 Å². The van der Waals surface area contributed by atoms with E-state index in [1.807, 2.05) is 106 Å². The summed E-state index contributed by atoms with van der Waals surface area (Å²) in [6, 6.07) is 0. The Balaban J connectivity index is 1.33. The molecule has 552 valence electrons. The van der Waals surface area contributed by atoms with Crippen molar-refractivity contribution < 1.29 is 97.8 Å². The molecular formula is C76H128O20. The molecule has 0 radical (unpaired) electrons. The minimum absolute atomic E-state index is 0.0230. The number of hydrogen-bond acceptors (Lipinski definition) is 20. The third kappa shape index (κ3) is 29.0. The second-order valence-electron chi connectivity index (χ2n) is 29.4. The molecule has 0 spiro atoms. The zero-order valence-electron chi connectivity index (χ0n) is 60.6. The summed E-state index contributed by atoms with van der Waals surface area (Å²) in [5, 5.41) is 93.2. The molecule has 96 heavy (non-hydrogen) atoms. The Labute approximate surface area is 575 Å². The molecule has 4 bridgehead atoms. The normalized spacial score (nSPS) is 40.1. The summed E-state index contributed by atoms with van der Waals surface area (Å²) in [6.07, 6.45) is 14.4. The Morgan fingerprint density at radius 3 is 1.19 bits per heavy atom. The highest BCUT2D eigenvalue weighted by molar-refractivity contribution is 5.83. The highest BCUT2D eigenvalue weighted by Crippen LogP contribution is 2.35. The number of carbonyl (C=O) groups excluding carboxylic acids is 2. The van der Waals surface area contributed by atoms with Crippen LogP contribution < -0.4 is 0 Å². The highest BCUT2D eigenvalue weighted by atomic mass is 16.6. The van der Waals surface area contributed by atoms with Gasteiger partial charge in [-0.15, -0.1) is 0 Å². The van der Waals surface area contributed by atoms with Crippen LogP contribution in [0.4, 0.5) is 0 Å². The summed E-state index contributed by atoms with van der Waals surface area (Å²) in [7, 11) is 6.58. The van der Waals surface area contributed by atoms with Gasteiger partial charge in [-0.25, -0.2) is 9.59 Å². The fourth-order valence-electron chi connectivity index (χ4n) is 14.7. The molecule has 5 heterocycles. The van der Waals surface area contributed by atoms with E-state index in [1.54, 1.807) is 40.6 Å². The zero-order valence-corrected chi connectivity index (χ0v) is 60.6. The summed E-state index contributed by atoms with van der Waals surface area (Å²) in [5.74, 6) is -3.93. The van der Waals surface area contributed by atoms with E-state index in [0.717, 1.165) is 25.7 Å². The molecule has 0 aromatic rings. The zero-order chi connectivity index (χ0) is 70.8. The number of rotatable bonds is 16. The number of methoxy groups -OCH3 is 4. The number of fused-ring (bicyclic) bond motifs is 4. The van der Waals surface area contributed by atoms with Crippen LogP contribution in [0.5, 0.6) is 0 Å². The van der Waals surface area contributed by atoms with E-state index in [-0.39, 0.29) is 112 Å². The minimum Gasteiger partial charge on any atom is -0.459 e. The largest absolute Gasteiger partial charge is 0.459 e. The number of aliphatic hydroxyl groups is 8. The van der Waals surface area contributed by atoms with Crippen molar-refractivity contribution in [2.24, 2.45) is 35.5 Å². The van der Waals surface area contributed by atoms with Crippen molar-refractivity contribution in [3.63, 3.8) is 0 Å². The van der Waals surface area contributed by atoms with E-state index in [2.05, 4.69) is 0 Å². The number of esters is 2. The van der Waals surface area contributed by atoms with Gasteiger partial charge in [0.1, 0.15) is 12.2 Å². The van der Waals surface area contributed by atoms with Gasteiger partial charge in [0.05, 0.1) is 122 Å². The molecule has 0 unspecified atom stereocenters. The number of carbonyl (C=O) groups is 2. The molecule has 2 fully saturated rings. The highest BCUT2D eigenvalue weighted by Gasteiger charge is 2.39. The summed E-state index contributed by atoms with van der Waals surface area (Å²) in [5.41, 5.74) is 1.39. The lowest BCUT2D eigenvalue weighted by atomic mass is 9.83. The molecule has 0 amide bonds. The maximum Gasteiger partial charge on any atom is 0.331 e. The van der Waals surface area contributed by atoms with Gasteiger partial charge in [0.15, 0.2) is 0 Å². The lowest BCUT2D eigenvalue weighted by Gasteiger charge is -2.36. The van der Waals surface area contributed by atoms with E-state index in [4.69, 9.17) is 47.4 Å². The molecule has 0 saturated carbocycles. The molecule has 28 atom stereocenters. The summed E-state index contributed by atoms with van der Waals surface area (Å²) < 4.78 is 60.9. The van der Waals surface area contributed by atoms with Crippen molar-refractivity contribution in [1.29, 1.82) is 0 Å². The number of cyclic esters (lactones) is 2. The number of ether oxygens (including phenoxy) is 10. The molecule has 20 nitrogen and oxygen atoms in total. The van der Waals surface area contributed by atoms with Crippen molar-refractivity contribution in [3.05, 3.63) is 71.9 Å². The van der Waals surface area contributed by atoms with Gasteiger partial charge in [-0.3, -0.25) is 0 Å². The van der Waals surface area contributed by atoms with Gasteiger partial charge in [-0.05, 0) is 129 Å². The lowest BCUT2D eigenvalue weighted by Crippen LogP contribution is -2.41. The van der Waals surface area contributed by atoms with Gasteiger partial charge in [-0.2, -0.15) is 0 Å². The average molecular weight is 1360 g/mol. The third-order valence-corrected chi connectivity index (χ3v) is 21.2. The van der Waals surface area contributed by atoms with E-state index >= 15 is 0 Å². The third-order valence-electron chi connectivity index (χ3n) is 21.2. The van der Waals surface area contributed by atoms with Crippen molar-refractivity contribution in [2.45, 2.75) is 332 Å². The van der Waals surface area contributed by atoms with Crippen molar-refractivity contribution in [2.75, 3.05) is 28.4 Å². The summed E-state index contributed by atoms with van der Waals surface area (Å²) in [6.45, 7) is 19.0. The predicted molar refractivity (Wildman–Crippen MR) is 368 cm³/mol. The van der Waals surface area contributed by atoms with Gasteiger partial charge in [0.2, 0.25) is 0 Å². The topological polar surface area (TPSA) is 288 Å². The first kappa shape index (κ1) is 83.4. The van der Waals surface area contributed by atoms with E-state index in [9.17, 15) is 50.4 Å². The predicted octanol–water partition coefficient (Wildman–Crippen LogP) is 9.62. The van der Waals surface area contributed by atoms with Crippen LogP contribution in [-0.4, -0.2) is 216 Å². The lowest BCUT2D eigenvalue weighted by molar-refractivity contribution is -0.152. The van der Waals surface area contributed by atoms with Crippen molar-refractivity contribution >= 4 is 11.9 Å². The molecule has 0 aromatic carbocycles. The monoisotopic (exact) mass is 1360 g/mol. The summed E-state index contributed by atoms with van der Waals surface area (Å²) >= 11 is 0. The SMILES string of the molecule is CO[C@H]1C[C@H](CC[C@H](C)[C@H](O)[C@H](C)[C@@H]2C[C@H](O)C[C@H](O)[C@H](C)[C@@H](OC)C[C@@H]3CC=C[C@@H](C[C@@H](O)C/C=C(C)/C=C/C(=O)O[C@H]([C@@H](C)[C@@H](O)[C@@H](C)CC[C@H]4C[C@H](OC)C[C@H](C)O4)C[C@H](O)C[C@H](O)[C@H](C)[C@@H](OC)C[C@@H]4CC=C[C@@H](C[C@@H](O)C/C=C(C)/C=C/C(=O)O2)O4)O3)O[C@@H](C)C1. The van der Waals surface area contributed by atoms with Crippen LogP contribution in [0.1, 0.15) is 198 Å². The first-order chi connectivity index (χ1) is 45.6. The first-order valence-corrected chi connectivity index (χ1v) is 36.2. The van der Waals surface area contributed by atoms with E-state index < -0.39 is 121 Å². The minimum atomic E-state index is -1.13. The van der Waals surface area contributed by atoms with Crippen molar-refractivity contribution in [3.8, 4) is 0 Å². The smallest absolute Gasteiger partial charge is 0.331 e. The second kappa shape index (κ2) is 42.9. The molecule has 0 aromatic heterocycles. The number of allylic oxidation sites excluding steroid dienone is 4. The van der Waals surface area contributed by atoms with Crippen LogP contribution in [-0.2, 0) is 57.0 Å². The fourth-order valence-corrected chi connectivity index (χ4v) is 14.7. The Morgan fingerprint density at radius 2 is 0.833 bits per heavy atom. The van der Waals surface area contributed by atoms with Crippen LogP contribution in [0.2, 0.25) is 0 Å². The molecule has 20 heteroatoms. The quantitative estimate of drug-likeness (QED) is 0.0527. The molecule has 5 aliphatic heterocycles. The average Bonchev–Trinajstić information content (AvgIpc) is 0.972.